The molecule has 2 rings (SSSR count). The number of aliphatic hydroxyl groups excluding tert-OH is 1. The lowest BCUT2D eigenvalue weighted by Gasteiger charge is -2.34. The average molecular weight is 261 g/mol. The van der Waals surface area contributed by atoms with Gasteiger partial charge in [-0.1, -0.05) is 44.2 Å². The molecule has 106 valence electrons. The van der Waals surface area contributed by atoms with Gasteiger partial charge < -0.3 is 5.11 Å². The molecule has 19 heavy (non-hydrogen) atoms. The van der Waals surface area contributed by atoms with Crippen LogP contribution in [-0.4, -0.2) is 35.7 Å². The maximum Gasteiger partial charge on any atom is 0.0431 e. The van der Waals surface area contributed by atoms with Gasteiger partial charge in [0.25, 0.3) is 0 Å². The fourth-order valence-electron chi connectivity index (χ4n) is 3.25. The van der Waals surface area contributed by atoms with Crippen molar-refractivity contribution in [3.05, 3.63) is 35.9 Å². The van der Waals surface area contributed by atoms with E-state index in [1.54, 1.807) is 0 Å². The predicted octanol–water partition coefficient (Wildman–Crippen LogP) is 3.20. The maximum atomic E-state index is 9.00. The molecule has 0 radical (unpaired) electrons. The Kier molecular flexibility index (Phi) is 5.00. The minimum Gasteiger partial charge on any atom is -0.396 e. The Hall–Kier alpha value is -0.860. The van der Waals surface area contributed by atoms with E-state index in [0.717, 1.165) is 19.4 Å². The lowest BCUT2D eigenvalue weighted by atomic mass is 9.84. The monoisotopic (exact) mass is 261 g/mol. The van der Waals surface area contributed by atoms with Crippen LogP contribution in [0.25, 0.3) is 0 Å². The number of rotatable bonds is 6. The summed E-state index contributed by atoms with van der Waals surface area (Å²) in [6.45, 7) is 7.33. The van der Waals surface area contributed by atoms with Crippen LogP contribution < -0.4 is 0 Å². The van der Waals surface area contributed by atoms with E-state index >= 15 is 0 Å². The van der Waals surface area contributed by atoms with Gasteiger partial charge in [-0.15, -0.1) is 0 Å². The Balaban J connectivity index is 1.99. The Morgan fingerprint density at radius 3 is 2.68 bits per heavy atom. The topological polar surface area (TPSA) is 23.5 Å². The Labute approximate surface area is 117 Å². The highest BCUT2D eigenvalue weighted by Crippen LogP contribution is 2.29. The molecule has 2 heteroatoms. The number of hydrogen-bond acceptors (Lipinski definition) is 2. The van der Waals surface area contributed by atoms with Crippen LogP contribution in [0.5, 0.6) is 0 Å². The summed E-state index contributed by atoms with van der Waals surface area (Å²) in [5, 5.41) is 9.00. The third kappa shape index (κ3) is 3.80. The molecule has 0 bridgehead atoms. The highest BCUT2D eigenvalue weighted by Gasteiger charge is 2.30. The van der Waals surface area contributed by atoms with E-state index in [9.17, 15) is 0 Å². The summed E-state index contributed by atoms with van der Waals surface area (Å²) in [4.78, 5) is 2.63. The van der Waals surface area contributed by atoms with E-state index in [0.29, 0.717) is 12.6 Å². The Morgan fingerprint density at radius 1 is 1.26 bits per heavy atom. The predicted molar refractivity (Wildman–Crippen MR) is 80.4 cm³/mol. The zero-order valence-electron chi connectivity index (χ0n) is 12.3. The SMILES string of the molecule is CC(C)(CN1CCCC1CCCO)c1ccccc1. The fourth-order valence-corrected chi connectivity index (χ4v) is 3.25. The normalized spacial score (nSPS) is 20.9. The van der Waals surface area contributed by atoms with Gasteiger partial charge in [-0.2, -0.15) is 0 Å². The van der Waals surface area contributed by atoms with Crippen molar-refractivity contribution in [3.63, 3.8) is 0 Å². The summed E-state index contributed by atoms with van der Waals surface area (Å²) in [7, 11) is 0. The minimum atomic E-state index is 0.197. The maximum absolute atomic E-state index is 9.00. The smallest absolute Gasteiger partial charge is 0.0431 e. The van der Waals surface area contributed by atoms with Gasteiger partial charge in [-0.05, 0) is 37.8 Å². The van der Waals surface area contributed by atoms with Gasteiger partial charge in [0.1, 0.15) is 0 Å². The second-order valence-corrected chi connectivity index (χ2v) is 6.38. The molecule has 1 unspecified atom stereocenters. The minimum absolute atomic E-state index is 0.197. The molecule has 1 atom stereocenters. The molecular formula is C17H27NO. The summed E-state index contributed by atoms with van der Waals surface area (Å²) >= 11 is 0. The van der Waals surface area contributed by atoms with Crippen LogP contribution in [0.15, 0.2) is 30.3 Å². The average Bonchev–Trinajstić information content (AvgIpc) is 2.84. The van der Waals surface area contributed by atoms with E-state index in [4.69, 9.17) is 5.11 Å². The van der Waals surface area contributed by atoms with Gasteiger partial charge in [0.2, 0.25) is 0 Å². The van der Waals surface area contributed by atoms with Gasteiger partial charge >= 0.3 is 0 Å². The first-order valence-corrected chi connectivity index (χ1v) is 7.54. The Bertz CT molecular complexity index is 374. The number of hydrogen-bond donors (Lipinski definition) is 1. The molecule has 0 aliphatic carbocycles. The van der Waals surface area contributed by atoms with Gasteiger partial charge in [0.05, 0.1) is 0 Å². The lowest BCUT2D eigenvalue weighted by Crippen LogP contribution is -2.40. The van der Waals surface area contributed by atoms with Gasteiger partial charge in [0, 0.05) is 24.6 Å². The molecule has 0 amide bonds. The van der Waals surface area contributed by atoms with Crippen molar-refractivity contribution in [2.75, 3.05) is 19.7 Å². The van der Waals surface area contributed by atoms with Crippen molar-refractivity contribution in [1.29, 1.82) is 0 Å². The van der Waals surface area contributed by atoms with Crippen molar-refractivity contribution < 1.29 is 5.11 Å². The first-order valence-electron chi connectivity index (χ1n) is 7.54. The second-order valence-electron chi connectivity index (χ2n) is 6.38. The molecule has 1 fully saturated rings. The zero-order valence-corrected chi connectivity index (χ0v) is 12.3. The van der Waals surface area contributed by atoms with Crippen molar-refractivity contribution in [2.24, 2.45) is 0 Å². The highest BCUT2D eigenvalue weighted by molar-refractivity contribution is 5.24. The molecule has 2 nitrogen and oxygen atoms in total. The fraction of sp³-hybridized carbons (Fsp3) is 0.647. The molecule has 1 N–H and O–H groups in total. The van der Waals surface area contributed by atoms with Gasteiger partial charge in [0.15, 0.2) is 0 Å². The summed E-state index contributed by atoms with van der Waals surface area (Å²) in [6.07, 6.45) is 4.68. The number of benzene rings is 1. The van der Waals surface area contributed by atoms with E-state index in [-0.39, 0.29) is 5.41 Å². The van der Waals surface area contributed by atoms with Crippen molar-refractivity contribution in [1.82, 2.24) is 4.90 Å². The quantitative estimate of drug-likeness (QED) is 0.850. The van der Waals surface area contributed by atoms with Crippen LogP contribution in [0, 0.1) is 0 Å². The first-order chi connectivity index (χ1) is 9.13. The van der Waals surface area contributed by atoms with Gasteiger partial charge in [-0.25, -0.2) is 0 Å². The van der Waals surface area contributed by atoms with Crippen LogP contribution in [0.3, 0.4) is 0 Å². The van der Waals surface area contributed by atoms with Crippen molar-refractivity contribution >= 4 is 0 Å². The molecule has 1 aromatic carbocycles. The molecule has 1 heterocycles. The summed E-state index contributed by atoms with van der Waals surface area (Å²) in [5.41, 5.74) is 1.62. The largest absolute Gasteiger partial charge is 0.396 e. The molecule has 0 spiro atoms. The van der Waals surface area contributed by atoms with Crippen molar-refractivity contribution in [2.45, 2.75) is 51.0 Å². The molecular weight excluding hydrogens is 234 g/mol. The molecule has 0 aromatic heterocycles. The summed E-state index contributed by atoms with van der Waals surface area (Å²) in [5.74, 6) is 0. The Morgan fingerprint density at radius 2 is 2.00 bits per heavy atom. The van der Waals surface area contributed by atoms with Crippen LogP contribution in [-0.2, 0) is 5.41 Å². The molecule has 1 aliphatic rings. The van der Waals surface area contributed by atoms with Crippen LogP contribution in [0.2, 0.25) is 0 Å². The second kappa shape index (κ2) is 6.53. The zero-order chi connectivity index (χ0) is 13.7. The summed E-state index contributed by atoms with van der Waals surface area (Å²) in [6, 6.07) is 11.5. The third-order valence-corrected chi connectivity index (χ3v) is 4.35. The molecule has 1 aromatic rings. The van der Waals surface area contributed by atoms with Crippen LogP contribution in [0.1, 0.15) is 45.1 Å². The van der Waals surface area contributed by atoms with Gasteiger partial charge in [-0.3, -0.25) is 4.90 Å². The number of aliphatic hydroxyl groups is 1. The van der Waals surface area contributed by atoms with E-state index in [1.807, 2.05) is 0 Å². The molecule has 1 saturated heterocycles. The van der Waals surface area contributed by atoms with Crippen LogP contribution in [0.4, 0.5) is 0 Å². The highest BCUT2D eigenvalue weighted by atomic mass is 16.2. The van der Waals surface area contributed by atoms with Crippen molar-refractivity contribution in [3.8, 4) is 0 Å². The number of nitrogens with zero attached hydrogens (tertiary/aromatic N) is 1. The summed E-state index contributed by atoms with van der Waals surface area (Å²) < 4.78 is 0. The van der Waals surface area contributed by atoms with E-state index in [1.165, 1.54) is 24.9 Å². The van der Waals surface area contributed by atoms with E-state index in [2.05, 4.69) is 49.1 Å². The molecule has 0 saturated carbocycles. The molecule has 1 aliphatic heterocycles. The number of likely N-dealkylation sites (tertiary alicyclic amines) is 1. The lowest BCUT2D eigenvalue weighted by molar-refractivity contribution is 0.185. The van der Waals surface area contributed by atoms with E-state index < -0.39 is 0 Å². The third-order valence-electron chi connectivity index (χ3n) is 4.35. The first kappa shape index (κ1) is 14.5. The van der Waals surface area contributed by atoms with Crippen LogP contribution >= 0.6 is 0 Å². The standard InChI is InChI=1S/C17H27NO/c1-17(2,15-8-4-3-5-9-15)14-18-12-6-10-16(18)11-7-13-19/h3-5,8-9,16,19H,6-7,10-14H2,1-2H3.